The van der Waals surface area contributed by atoms with Gasteiger partial charge in [-0.05, 0) is 51.3 Å². The lowest BCUT2D eigenvalue weighted by Gasteiger charge is -2.37. The van der Waals surface area contributed by atoms with Crippen LogP contribution < -0.4 is 9.80 Å². The Hall–Kier alpha value is -4.28. The highest BCUT2D eigenvalue weighted by atomic mass is 16.6. The monoisotopic (exact) mass is 570 g/mol. The van der Waals surface area contributed by atoms with Crippen molar-refractivity contribution in [2.45, 2.75) is 51.0 Å². The number of carbonyl (C=O) groups excluding carboxylic acids is 2. The van der Waals surface area contributed by atoms with Crippen LogP contribution in [-0.4, -0.2) is 70.6 Å². The van der Waals surface area contributed by atoms with Gasteiger partial charge in [0.25, 0.3) is 0 Å². The highest BCUT2D eigenvalue weighted by Crippen LogP contribution is 2.55. The molecule has 1 aromatic carbocycles. The van der Waals surface area contributed by atoms with Crippen LogP contribution in [0.2, 0.25) is 0 Å². The van der Waals surface area contributed by atoms with Crippen LogP contribution in [0.25, 0.3) is 22.0 Å². The van der Waals surface area contributed by atoms with Crippen LogP contribution in [0.1, 0.15) is 45.6 Å². The predicted molar refractivity (Wildman–Crippen MR) is 158 cm³/mol. The zero-order chi connectivity index (χ0) is 29.6. The first-order valence-corrected chi connectivity index (χ1v) is 14.5. The Morgan fingerprint density at radius 3 is 2.38 bits per heavy atom. The van der Waals surface area contributed by atoms with E-state index >= 15 is 0 Å². The number of carbonyl (C=O) groups is 2. The number of fused-ring (bicyclic) bond motifs is 5. The number of anilines is 2. The Bertz CT molecular complexity index is 1650. The summed E-state index contributed by atoms with van der Waals surface area (Å²) in [6.45, 7) is 7.87. The predicted octanol–water partition coefficient (Wildman–Crippen LogP) is 4.91. The van der Waals surface area contributed by atoms with E-state index in [0.717, 1.165) is 47.0 Å². The zero-order valence-corrected chi connectivity index (χ0v) is 24.3. The van der Waals surface area contributed by atoms with E-state index < -0.39 is 11.0 Å². The summed E-state index contributed by atoms with van der Waals surface area (Å²) in [5.74, 6) is 0.877. The SMILES string of the molecule is CN1C(=O)C2(CCC2)c2c1cnc1ccc(-c3cnc(N4CC5CN(C(=O)OC(C)(C)C)CC5C4)c([N+](=O)[O-])c3)cc21. The second-order valence-corrected chi connectivity index (χ2v) is 13.2. The van der Waals surface area contributed by atoms with Gasteiger partial charge in [-0.15, -0.1) is 0 Å². The van der Waals surface area contributed by atoms with Crippen LogP contribution in [0.5, 0.6) is 0 Å². The van der Waals surface area contributed by atoms with Crippen molar-refractivity contribution in [3.8, 4) is 11.1 Å². The van der Waals surface area contributed by atoms with Crippen molar-refractivity contribution in [2.75, 3.05) is 43.0 Å². The van der Waals surface area contributed by atoms with Crippen LogP contribution in [0.3, 0.4) is 0 Å². The van der Waals surface area contributed by atoms with Gasteiger partial charge in [-0.25, -0.2) is 9.78 Å². The second-order valence-electron chi connectivity index (χ2n) is 13.2. The molecule has 1 saturated carbocycles. The van der Waals surface area contributed by atoms with E-state index in [0.29, 0.717) is 37.6 Å². The number of nitrogens with zero attached hydrogens (tertiary/aromatic N) is 6. The molecule has 3 aliphatic heterocycles. The Kier molecular flexibility index (Phi) is 5.77. The Morgan fingerprint density at radius 2 is 1.76 bits per heavy atom. The first kappa shape index (κ1) is 26.6. The van der Waals surface area contributed by atoms with Crippen LogP contribution >= 0.6 is 0 Å². The molecule has 1 aliphatic carbocycles. The Labute approximate surface area is 243 Å². The molecule has 0 N–H and O–H groups in total. The molecule has 0 radical (unpaired) electrons. The Balaban J connectivity index is 1.17. The van der Waals surface area contributed by atoms with Gasteiger partial charge in [0.2, 0.25) is 11.7 Å². The highest BCUT2D eigenvalue weighted by Gasteiger charge is 2.54. The maximum atomic E-state index is 13.2. The molecule has 11 heteroatoms. The van der Waals surface area contributed by atoms with Gasteiger partial charge in [0.05, 0.1) is 27.7 Å². The fourth-order valence-corrected chi connectivity index (χ4v) is 7.27. The lowest BCUT2D eigenvalue weighted by Crippen LogP contribution is -2.43. The third-order valence-electron chi connectivity index (χ3n) is 9.42. The van der Waals surface area contributed by atoms with Gasteiger partial charge in [0.1, 0.15) is 5.60 Å². The smallest absolute Gasteiger partial charge is 0.410 e. The minimum Gasteiger partial charge on any atom is -0.444 e. The van der Waals surface area contributed by atoms with Crippen molar-refractivity contribution < 1.29 is 19.2 Å². The quantitative estimate of drug-likeness (QED) is 0.322. The number of likely N-dealkylation sites (tertiary alicyclic amines) is 1. The summed E-state index contributed by atoms with van der Waals surface area (Å²) in [7, 11) is 1.80. The number of hydrogen-bond donors (Lipinski definition) is 0. The van der Waals surface area contributed by atoms with Gasteiger partial charge in [-0.1, -0.05) is 12.5 Å². The molecule has 218 valence electrons. The van der Waals surface area contributed by atoms with E-state index in [4.69, 9.17) is 4.74 Å². The van der Waals surface area contributed by atoms with E-state index in [1.807, 2.05) is 43.9 Å². The van der Waals surface area contributed by atoms with Gasteiger partial charge in [0, 0.05) is 73.8 Å². The summed E-state index contributed by atoms with van der Waals surface area (Å²) in [4.78, 5) is 52.3. The average Bonchev–Trinajstić information content (AvgIpc) is 3.56. The van der Waals surface area contributed by atoms with Crippen LogP contribution in [0, 0.1) is 22.0 Å². The topological polar surface area (TPSA) is 122 Å². The van der Waals surface area contributed by atoms with Gasteiger partial charge >= 0.3 is 11.8 Å². The van der Waals surface area contributed by atoms with Gasteiger partial charge in [0.15, 0.2) is 0 Å². The number of likely N-dealkylation sites (N-methyl/N-ethyl adjacent to an activating group) is 1. The largest absolute Gasteiger partial charge is 0.444 e. The third-order valence-corrected chi connectivity index (χ3v) is 9.42. The van der Waals surface area contributed by atoms with E-state index in [1.165, 1.54) is 0 Å². The molecule has 2 unspecified atom stereocenters. The molecule has 42 heavy (non-hydrogen) atoms. The number of aromatic nitrogens is 2. The number of benzene rings is 1. The van der Waals surface area contributed by atoms with Crippen molar-refractivity contribution in [1.29, 1.82) is 0 Å². The van der Waals surface area contributed by atoms with Crippen LogP contribution in [0.15, 0.2) is 36.7 Å². The van der Waals surface area contributed by atoms with Gasteiger partial charge < -0.3 is 19.4 Å². The minimum atomic E-state index is -0.554. The van der Waals surface area contributed by atoms with Crippen molar-refractivity contribution in [1.82, 2.24) is 14.9 Å². The van der Waals surface area contributed by atoms with Crippen LogP contribution in [-0.2, 0) is 14.9 Å². The lowest BCUT2D eigenvalue weighted by molar-refractivity contribution is -0.384. The molecule has 2 aromatic heterocycles. The molecule has 0 bridgehead atoms. The fourth-order valence-electron chi connectivity index (χ4n) is 7.27. The molecule has 2 amide bonds. The molecule has 3 aromatic rings. The van der Waals surface area contributed by atoms with E-state index in [9.17, 15) is 19.7 Å². The number of hydrogen-bond acceptors (Lipinski definition) is 8. The molecule has 3 fully saturated rings. The van der Waals surface area contributed by atoms with Crippen LogP contribution in [0.4, 0.5) is 22.0 Å². The highest BCUT2D eigenvalue weighted by molar-refractivity contribution is 6.13. The molecule has 7 rings (SSSR count). The van der Waals surface area contributed by atoms with Crippen molar-refractivity contribution >= 4 is 40.1 Å². The molecular formula is C31H34N6O5. The average molecular weight is 571 g/mol. The molecule has 2 atom stereocenters. The summed E-state index contributed by atoms with van der Waals surface area (Å²) in [6.07, 6.45) is 5.81. The summed E-state index contributed by atoms with van der Waals surface area (Å²) in [5.41, 5.74) is 3.01. The number of rotatable bonds is 3. The van der Waals surface area contributed by atoms with Gasteiger partial charge in [-0.2, -0.15) is 0 Å². The first-order valence-electron chi connectivity index (χ1n) is 14.5. The molecular weight excluding hydrogens is 536 g/mol. The Morgan fingerprint density at radius 1 is 1.05 bits per heavy atom. The third kappa shape index (κ3) is 4.00. The maximum absolute atomic E-state index is 13.2. The van der Waals surface area contributed by atoms with Crippen molar-refractivity contribution in [3.63, 3.8) is 0 Å². The van der Waals surface area contributed by atoms with E-state index in [-0.39, 0.29) is 34.4 Å². The van der Waals surface area contributed by atoms with E-state index in [1.54, 1.807) is 35.3 Å². The number of pyridine rings is 2. The van der Waals surface area contributed by atoms with Crippen molar-refractivity contribution in [2.24, 2.45) is 11.8 Å². The fraction of sp³-hybridized carbons (Fsp3) is 0.484. The van der Waals surface area contributed by atoms with Gasteiger partial charge in [-0.3, -0.25) is 19.9 Å². The van der Waals surface area contributed by atoms with E-state index in [2.05, 4.69) is 9.97 Å². The van der Waals surface area contributed by atoms with Crippen molar-refractivity contribution in [3.05, 3.63) is 52.3 Å². The molecule has 5 heterocycles. The summed E-state index contributed by atoms with van der Waals surface area (Å²) >= 11 is 0. The zero-order valence-electron chi connectivity index (χ0n) is 24.3. The minimum absolute atomic E-state index is 0.0432. The lowest BCUT2D eigenvalue weighted by atomic mass is 9.64. The maximum Gasteiger partial charge on any atom is 0.410 e. The second kappa shape index (κ2) is 9.11. The molecule has 11 nitrogen and oxygen atoms in total. The first-order chi connectivity index (χ1) is 19.9. The molecule has 1 spiro atoms. The molecule has 4 aliphatic rings. The summed E-state index contributed by atoms with van der Waals surface area (Å²) < 4.78 is 5.54. The number of nitro groups is 1. The normalized spacial score (nSPS) is 22.5. The standard InChI is InChI=1S/C31H34N6O5/c1-30(2,3)42-29(39)36-16-20-14-35(15-21(20)17-36)27-24(37(40)41)11-19(12-33-27)18-6-7-23-22(10-18)26-25(13-32-23)34(4)28(38)31(26)8-5-9-31/h6-7,10-13,20-21H,5,8-9,14-17H2,1-4H3. The number of amides is 2. The number of ether oxygens (including phenoxy) is 1. The summed E-state index contributed by atoms with van der Waals surface area (Å²) in [5, 5.41) is 13.2. The molecule has 2 saturated heterocycles. The summed E-state index contributed by atoms with van der Waals surface area (Å²) in [6, 6.07) is 7.41.